The van der Waals surface area contributed by atoms with Gasteiger partial charge in [0.05, 0.1) is 19.9 Å². The summed E-state index contributed by atoms with van der Waals surface area (Å²) in [5.41, 5.74) is 2.39. The van der Waals surface area contributed by atoms with Crippen LogP contribution >= 0.6 is 0 Å². The summed E-state index contributed by atoms with van der Waals surface area (Å²) in [5, 5.41) is 7.46. The summed E-state index contributed by atoms with van der Waals surface area (Å²) in [6, 6.07) is 16.7. The van der Waals surface area contributed by atoms with Crippen molar-refractivity contribution in [3.8, 4) is 28.6 Å². The molecule has 7 nitrogen and oxygen atoms in total. The van der Waals surface area contributed by atoms with E-state index in [0.29, 0.717) is 47.3 Å². The Balaban J connectivity index is 1.54. The molecule has 0 radical (unpaired) electrons. The van der Waals surface area contributed by atoms with Crippen molar-refractivity contribution in [2.45, 2.75) is 13.3 Å². The van der Waals surface area contributed by atoms with E-state index >= 15 is 0 Å². The number of hydrogen-bond donors (Lipinski definition) is 1. The van der Waals surface area contributed by atoms with Crippen LogP contribution in [-0.4, -0.2) is 36.5 Å². The van der Waals surface area contributed by atoms with Gasteiger partial charge in [-0.25, -0.2) is 9.07 Å². The van der Waals surface area contributed by atoms with Crippen molar-refractivity contribution in [3.05, 3.63) is 83.5 Å². The summed E-state index contributed by atoms with van der Waals surface area (Å²) < 4.78 is 31.2. The van der Waals surface area contributed by atoms with Crippen LogP contribution < -0.4 is 14.8 Å². The van der Waals surface area contributed by atoms with Crippen molar-refractivity contribution < 1.29 is 23.1 Å². The summed E-state index contributed by atoms with van der Waals surface area (Å²) in [7, 11) is 3.17. The molecule has 0 spiro atoms. The lowest BCUT2D eigenvalue weighted by molar-refractivity contribution is 0.0946. The maximum atomic E-state index is 13.4. The molecule has 2 aromatic carbocycles. The van der Waals surface area contributed by atoms with Gasteiger partial charge in [0, 0.05) is 12.6 Å². The molecular formula is C25H24FN3O4. The van der Waals surface area contributed by atoms with E-state index in [1.54, 1.807) is 38.5 Å². The summed E-state index contributed by atoms with van der Waals surface area (Å²) in [6.07, 6.45) is 0.598. The molecule has 0 aliphatic heterocycles. The standard InChI is InChI=1S/C25H24FN3O4/c1-16-4-10-22(33-16)20-15-21(29(28-20)19-8-6-18(26)7-9-19)25(30)27-13-12-17-5-11-23(31-2)24(14-17)32-3/h4-11,14-15H,12-13H2,1-3H3,(H,27,30). The van der Waals surface area contributed by atoms with Crippen LogP contribution in [-0.2, 0) is 6.42 Å². The van der Waals surface area contributed by atoms with E-state index in [9.17, 15) is 9.18 Å². The lowest BCUT2D eigenvalue weighted by atomic mass is 10.1. The van der Waals surface area contributed by atoms with Crippen LogP contribution in [0.4, 0.5) is 4.39 Å². The third-order valence-corrected chi connectivity index (χ3v) is 5.15. The lowest BCUT2D eigenvalue weighted by Gasteiger charge is -2.11. The fourth-order valence-corrected chi connectivity index (χ4v) is 3.46. The maximum Gasteiger partial charge on any atom is 0.270 e. The minimum absolute atomic E-state index is 0.304. The van der Waals surface area contributed by atoms with Crippen molar-refractivity contribution >= 4 is 5.91 Å². The minimum atomic E-state index is -0.367. The second-order valence-electron chi connectivity index (χ2n) is 7.41. The van der Waals surface area contributed by atoms with Crippen LogP contribution in [0.15, 0.2) is 65.1 Å². The molecule has 8 heteroatoms. The number of halogens is 1. The van der Waals surface area contributed by atoms with E-state index < -0.39 is 0 Å². The van der Waals surface area contributed by atoms with Gasteiger partial charge in [0.2, 0.25) is 0 Å². The Morgan fingerprint density at radius 2 is 1.79 bits per heavy atom. The molecule has 0 saturated heterocycles. The number of benzene rings is 2. The molecule has 0 aliphatic rings. The van der Waals surface area contributed by atoms with Gasteiger partial charge in [-0.3, -0.25) is 4.79 Å². The molecule has 0 fully saturated rings. The number of carbonyl (C=O) groups excluding carboxylic acids is 1. The minimum Gasteiger partial charge on any atom is -0.493 e. The van der Waals surface area contributed by atoms with Crippen molar-refractivity contribution in [1.29, 1.82) is 0 Å². The lowest BCUT2D eigenvalue weighted by Crippen LogP contribution is -2.27. The molecule has 1 amide bonds. The number of nitrogens with one attached hydrogen (secondary N) is 1. The van der Waals surface area contributed by atoms with Crippen LogP contribution in [0.3, 0.4) is 0 Å². The highest BCUT2D eigenvalue weighted by atomic mass is 19.1. The summed E-state index contributed by atoms with van der Waals surface area (Å²) in [5.74, 6) is 1.90. The molecule has 4 rings (SSSR count). The Hall–Kier alpha value is -4.07. The SMILES string of the molecule is COc1ccc(CCNC(=O)c2cc(-c3ccc(C)o3)nn2-c2ccc(F)cc2)cc1OC. The number of amides is 1. The first-order valence-corrected chi connectivity index (χ1v) is 10.4. The van der Waals surface area contributed by atoms with E-state index in [2.05, 4.69) is 10.4 Å². The molecule has 0 aliphatic carbocycles. The normalized spacial score (nSPS) is 10.8. The molecule has 33 heavy (non-hydrogen) atoms. The maximum absolute atomic E-state index is 13.4. The van der Waals surface area contributed by atoms with E-state index in [1.165, 1.54) is 16.8 Å². The predicted octanol–water partition coefficient (Wildman–Crippen LogP) is 4.57. The Labute approximate surface area is 190 Å². The van der Waals surface area contributed by atoms with E-state index in [-0.39, 0.29) is 11.7 Å². The third-order valence-electron chi connectivity index (χ3n) is 5.15. The topological polar surface area (TPSA) is 78.5 Å². The smallest absolute Gasteiger partial charge is 0.270 e. The Morgan fingerprint density at radius 1 is 1.03 bits per heavy atom. The zero-order valence-electron chi connectivity index (χ0n) is 18.6. The van der Waals surface area contributed by atoms with E-state index in [1.807, 2.05) is 31.2 Å². The zero-order valence-corrected chi connectivity index (χ0v) is 18.6. The number of methoxy groups -OCH3 is 2. The first-order chi connectivity index (χ1) is 16.0. The monoisotopic (exact) mass is 449 g/mol. The Morgan fingerprint density at radius 3 is 2.45 bits per heavy atom. The van der Waals surface area contributed by atoms with Gasteiger partial charge >= 0.3 is 0 Å². The number of hydrogen-bond acceptors (Lipinski definition) is 5. The van der Waals surface area contributed by atoms with Gasteiger partial charge in [0.1, 0.15) is 23.0 Å². The molecular weight excluding hydrogens is 425 g/mol. The van der Waals surface area contributed by atoms with Gasteiger partial charge in [-0.05, 0) is 67.4 Å². The Bertz CT molecular complexity index is 1260. The molecule has 0 bridgehead atoms. The number of ether oxygens (including phenoxy) is 2. The molecule has 4 aromatic rings. The van der Waals surface area contributed by atoms with Crippen molar-refractivity contribution in [3.63, 3.8) is 0 Å². The predicted molar refractivity (Wildman–Crippen MR) is 122 cm³/mol. The van der Waals surface area contributed by atoms with Crippen LogP contribution in [0.25, 0.3) is 17.1 Å². The molecule has 1 N–H and O–H groups in total. The third kappa shape index (κ3) is 4.90. The fraction of sp³-hybridized carbons (Fsp3) is 0.200. The number of carbonyl (C=O) groups is 1. The quantitative estimate of drug-likeness (QED) is 0.426. The van der Waals surface area contributed by atoms with Crippen molar-refractivity contribution in [2.75, 3.05) is 20.8 Å². The first-order valence-electron chi connectivity index (χ1n) is 10.4. The average molecular weight is 449 g/mol. The molecule has 0 atom stereocenters. The number of nitrogens with zero attached hydrogens (tertiary/aromatic N) is 2. The number of aryl methyl sites for hydroxylation is 1. The second-order valence-corrected chi connectivity index (χ2v) is 7.41. The van der Waals surface area contributed by atoms with E-state index in [4.69, 9.17) is 13.9 Å². The van der Waals surface area contributed by atoms with Crippen LogP contribution in [0.1, 0.15) is 21.8 Å². The van der Waals surface area contributed by atoms with Crippen LogP contribution in [0, 0.1) is 12.7 Å². The van der Waals surface area contributed by atoms with E-state index in [0.717, 1.165) is 11.3 Å². The largest absolute Gasteiger partial charge is 0.493 e. The second kappa shape index (κ2) is 9.60. The molecule has 2 heterocycles. The van der Waals surface area contributed by atoms with Crippen LogP contribution in [0.5, 0.6) is 11.5 Å². The van der Waals surface area contributed by atoms with Crippen molar-refractivity contribution in [1.82, 2.24) is 15.1 Å². The highest BCUT2D eigenvalue weighted by Crippen LogP contribution is 2.28. The Kier molecular flexibility index (Phi) is 6.44. The van der Waals surface area contributed by atoms with Gasteiger partial charge in [-0.15, -0.1) is 0 Å². The highest BCUT2D eigenvalue weighted by molar-refractivity contribution is 5.94. The summed E-state index contributed by atoms with van der Waals surface area (Å²) in [6.45, 7) is 2.24. The molecule has 170 valence electrons. The highest BCUT2D eigenvalue weighted by Gasteiger charge is 2.19. The van der Waals surface area contributed by atoms with Gasteiger partial charge in [-0.2, -0.15) is 5.10 Å². The number of rotatable bonds is 8. The van der Waals surface area contributed by atoms with Crippen molar-refractivity contribution in [2.24, 2.45) is 0 Å². The number of furan rings is 1. The van der Waals surface area contributed by atoms with Gasteiger partial charge in [0.25, 0.3) is 5.91 Å². The fourth-order valence-electron chi connectivity index (χ4n) is 3.46. The average Bonchev–Trinajstić information content (AvgIpc) is 3.46. The van der Waals surface area contributed by atoms with Gasteiger partial charge in [-0.1, -0.05) is 6.07 Å². The first kappa shape index (κ1) is 22.1. The molecule has 2 aromatic heterocycles. The number of aromatic nitrogens is 2. The summed E-state index contributed by atoms with van der Waals surface area (Å²) >= 11 is 0. The molecule has 0 saturated carbocycles. The van der Waals surface area contributed by atoms with Gasteiger partial charge in [0.15, 0.2) is 17.3 Å². The summed E-state index contributed by atoms with van der Waals surface area (Å²) in [4.78, 5) is 13.0. The van der Waals surface area contributed by atoms with Gasteiger partial charge < -0.3 is 19.2 Å². The molecule has 0 unspecified atom stereocenters. The van der Waals surface area contributed by atoms with Crippen LogP contribution in [0.2, 0.25) is 0 Å². The zero-order chi connectivity index (χ0) is 23.4.